The van der Waals surface area contributed by atoms with Crippen LogP contribution in [0.2, 0.25) is 0 Å². The lowest BCUT2D eigenvalue weighted by molar-refractivity contribution is 0.606. The first-order chi connectivity index (χ1) is 10.2. The standard InChI is InChI=1S/C16H20N4S/c1-9-14(17)19-16(10-5-6-10)20-15(9)18-12-3-2-4-13-11(12)7-8-21-13/h7-8,10,12H,2-6H2,1H3,(H3,17,18,19,20). The van der Waals surface area contributed by atoms with E-state index < -0.39 is 0 Å². The number of thiophene rings is 1. The first-order valence-electron chi connectivity index (χ1n) is 7.69. The molecule has 0 spiro atoms. The molecule has 1 fully saturated rings. The fraction of sp³-hybridized carbons (Fsp3) is 0.500. The summed E-state index contributed by atoms with van der Waals surface area (Å²) >= 11 is 1.87. The van der Waals surface area contributed by atoms with Gasteiger partial charge in [-0.2, -0.15) is 0 Å². The number of nitrogens with one attached hydrogen (secondary N) is 1. The van der Waals surface area contributed by atoms with Crippen molar-refractivity contribution in [3.05, 3.63) is 33.3 Å². The summed E-state index contributed by atoms with van der Waals surface area (Å²) < 4.78 is 0. The third kappa shape index (κ3) is 2.39. The molecule has 2 aliphatic rings. The summed E-state index contributed by atoms with van der Waals surface area (Å²) in [5.41, 5.74) is 8.49. The Labute approximate surface area is 128 Å². The van der Waals surface area contributed by atoms with Crippen LogP contribution in [0.15, 0.2) is 11.4 Å². The van der Waals surface area contributed by atoms with Gasteiger partial charge in [-0.3, -0.25) is 0 Å². The van der Waals surface area contributed by atoms with Crippen LogP contribution in [0.3, 0.4) is 0 Å². The van der Waals surface area contributed by atoms with Crippen molar-refractivity contribution >= 4 is 23.0 Å². The molecule has 1 saturated carbocycles. The average Bonchev–Trinajstić information content (AvgIpc) is 3.21. The Kier molecular flexibility index (Phi) is 3.10. The van der Waals surface area contributed by atoms with Crippen LogP contribution in [0.1, 0.15) is 59.5 Å². The normalized spacial score (nSPS) is 21.1. The molecule has 2 aromatic rings. The van der Waals surface area contributed by atoms with Gasteiger partial charge in [-0.1, -0.05) is 0 Å². The summed E-state index contributed by atoms with van der Waals surface area (Å²) in [4.78, 5) is 10.7. The van der Waals surface area contributed by atoms with Gasteiger partial charge in [0.1, 0.15) is 17.5 Å². The zero-order chi connectivity index (χ0) is 14.4. The molecule has 0 saturated heterocycles. The van der Waals surface area contributed by atoms with Crippen LogP contribution in [-0.4, -0.2) is 9.97 Å². The van der Waals surface area contributed by atoms with Gasteiger partial charge in [0.05, 0.1) is 6.04 Å². The molecule has 4 nitrogen and oxygen atoms in total. The Balaban J connectivity index is 1.66. The number of rotatable bonds is 3. The molecule has 2 aromatic heterocycles. The summed E-state index contributed by atoms with van der Waals surface area (Å²) in [6.45, 7) is 2.01. The predicted octanol–water partition coefficient (Wildman–Crippen LogP) is 3.80. The molecule has 3 N–H and O–H groups in total. The Bertz CT molecular complexity index is 675. The van der Waals surface area contributed by atoms with E-state index in [1.165, 1.54) is 36.1 Å². The van der Waals surface area contributed by atoms with Crippen molar-refractivity contribution in [2.75, 3.05) is 11.1 Å². The smallest absolute Gasteiger partial charge is 0.136 e. The van der Waals surface area contributed by atoms with Gasteiger partial charge in [0, 0.05) is 16.4 Å². The van der Waals surface area contributed by atoms with Gasteiger partial charge in [-0.15, -0.1) is 11.3 Å². The highest BCUT2D eigenvalue weighted by atomic mass is 32.1. The van der Waals surface area contributed by atoms with Crippen LogP contribution in [0.5, 0.6) is 0 Å². The second-order valence-electron chi connectivity index (χ2n) is 6.10. The number of hydrogen-bond acceptors (Lipinski definition) is 5. The predicted molar refractivity (Wildman–Crippen MR) is 86.8 cm³/mol. The zero-order valence-corrected chi connectivity index (χ0v) is 13.0. The van der Waals surface area contributed by atoms with Gasteiger partial charge in [-0.25, -0.2) is 9.97 Å². The lowest BCUT2D eigenvalue weighted by Crippen LogP contribution is -2.18. The van der Waals surface area contributed by atoms with Crippen molar-refractivity contribution in [2.45, 2.75) is 51.0 Å². The molecule has 4 rings (SSSR count). The van der Waals surface area contributed by atoms with Crippen molar-refractivity contribution in [3.8, 4) is 0 Å². The van der Waals surface area contributed by atoms with Gasteiger partial charge < -0.3 is 11.1 Å². The maximum atomic E-state index is 6.08. The number of nitrogens with two attached hydrogens (primary N) is 1. The van der Waals surface area contributed by atoms with Crippen molar-refractivity contribution in [1.29, 1.82) is 0 Å². The lowest BCUT2D eigenvalue weighted by atomic mass is 9.94. The molecule has 5 heteroatoms. The second-order valence-corrected chi connectivity index (χ2v) is 7.10. The number of aryl methyl sites for hydroxylation is 1. The summed E-state index contributed by atoms with van der Waals surface area (Å²) in [7, 11) is 0. The molecule has 0 bridgehead atoms. The Morgan fingerprint density at radius 2 is 2.14 bits per heavy atom. The molecule has 21 heavy (non-hydrogen) atoms. The summed E-state index contributed by atoms with van der Waals surface area (Å²) in [5.74, 6) is 2.99. The van der Waals surface area contributed by atoms with Gasteiger partial charge in [-0.05, 0) is 56.0 Å². The molecule has 2 aliphatic carbocycles. The molecule has 0 aliphatic heterocycles. The lowest BCUT2D eigenvalue weighted by Gasteiger charge is -2.25. The third-order valence-corrected chi connectivity index (χ3v) is 5.50. The minimum Gasteiger partial charge on any atom is -0.383 e. The number of fused-ring (bicyclic) bond motifs is 1. The minimum absolute atomic E-state index is 0.361. The first-order valence-corrected chi connectivity index (χ1v) is 8.57. The number of hydrogen-bond donors (Lipinski definition) is 2. The second kappa shape index (κ2) is 4.98. The van der Waals surface area contributed by atoms with Crippen molar-refractivity contribution in [1.82, 2.24) is 9.97 Å². The number of nitrogens with zero attached hydrogens (tertiary/aromatic N) is 2. The highest BCUT2D eigenvalue weighted by Crippen LogP contribution is 2.40. The maximum Gasteiger partial charge on any atom is 0.136 e. The van der Waals surface area contributed by atoms with Crippen LogP contribution in [0.4, 0.5) is 11.6 Å². The van der Waals surface area contributed by atoms with Gasteiger partial charge in [0.25, 0.3) is 0 Å². The first kappa shape index (κ1) is 13.1. The summed E-state index contributed by atoms with van der Waals surface area (Å²) in [6.07, 6.45) is 6.00. The fourth-order valence-corrected chi connectivity index (χ4v) is 4.01. The van der Waals surface area contributed by atoms with E-state index >= 15 is 0 Å². The van der Waals surface area contributed by atoms with Gasteiger partial charge in [0.15, 0.2) is 0 Å². The van der Waals surface area contributed by atoms with Gasteiger partial charge in [0.2, 0.25) is 0 Å². The molecular formula is C16H20N4S. The number of anilines is 2. The van der Waals surface area contributed by atoms with E-state index in [1.807, 2.05) is 18.3 Å². The van der Waals surface area contributed by atoms with Crippen LogP contribution < -0.4 is 11.1 Å². The minimum atomic E-state index is 0.361. The topological polar surface area (TPSA) is 63.8 Å². The van der Waals surface area contributed by atoms with Gasteiger partial charge >= 0.3 is 0 Å². The average molecular weight is 300 g/mol. The van der Waals surface area contributed by atoms with Crippen LogP contribution in [-0.2, 0) is 6.42 Å². The van der Waals surface area contributed by atoms with Crippen LogP contribution in [0, 0.1) is 6.92 Å². The fourth-order valence-electron chi connectivity index (χ4n) is 3.02. The Morgan fingerprint density at radius 1 is 1.29 bits per heavy atom. The molecular weight excluding hydrogens is 280 g/mol. The SMILES string of the molecule is Cc1c(N)nc(C2CC2)nc1NC1CCCc2sccc21. The molecule has 0 radical (unpaired) electrons. The maximum absolute atomic E-state index is 6.08. The molecule has 0 amide bonds. The molecule has 110 valence electrons. The molecule has 0 aromatic carbocycles. The third-order valence-electron chi connectivity index (χ3n) is 4.51. The van der Waals surface area contributed by atoms with E-state index in [-0.39, 0.29) is 0 Å². The summed E-state index contributed by atoms with van der Waals surface area (Å²) in [5, 5.41) is 5.83. The largest absolute Gasteiger partial charge is 0.383 e. The Morgan fingerprint density at radius 3 is 2.95 bits per heavy atom. The molecule has 1 unspecified atom stereocenters. The summed E-state index contributed by atoms with van der Waals surface area (Å²) in [6, 6.07) is 2.61. The monoisotopic (exact) mass is 300 g/mol. The highest BCUT2D eigenvalue weighted by molar-refractivity contribution is 7.10. The van der Waals surface area contributed by atoms with E-state index in [9.17, 15) is 0 Å². The van der Waals surface area contributed by atoms with E-state index in [2.05, 4.69) is 21.7 Å². The quantitative estimate of drug-likeness (QED) is 0.905. The zero-order valence-electron chi connectivity index (χ0n) is 12.2. The van der Waals surface area contributed by atoms with Crippen molar-refractivity contribution < 1.29 is 0 Å². The van der Waals surface area contributed by atoms with E-state index in [0.29, 0.717) is 17.8 Å². The highest BCUT2D eigenvalue weighted by Gasteiger charge is 2.29. The van der Waals surface area contributed by atoms with E-state index in [4.69, 9.17) is 10.7 Å². The van der Waals surface area contributed by atoms with Crippen LogP contribution >= 0.6 is 11.3 Å². The van der Waals surface area contributed by atoms with E-state index in [1.54, 1.807) is 0 Å². The van der Waals surface area contributed by atoms with E-state index in [0.717, 1.165) is 23.6 Å². The van der Waals surface area contributed by atoms with Crippen molar-refractivity contribution in [2.24, 2.45) is 0 Å². The number of aromatic nitrogens is 2. The molecule has 2 heterocycles. The van der Waals surface area contributed by atoms with Crippen molar-refractivity contribution in [3.63, 3.8) is 0 Å². The van der Waals surface area contributed by atoms with Crippen LogP contribution in [0.25, 0.3) is 0 Å². The number of nitrogen functional groups attached to an aromatic ring is 1. The molecule has 1 atom stereocenters. The Hall–Kier alpha value is -1.62.